The molecule has 1 heterocycles. The van der Waals surface area contributed by atoms with Crippen LogP contribution in [-0.2, 0) is 0 Å². The molecular weight excluding hydrogens is 343 g/mol. The fourth-order valence-corrected chi connectivity index (χ4v) is 1.82. The van der Waals surface area contributed by atoms with Crippen LogP contribution in [0.3, 0.4) is 0 Å². The molecule has 0 atom stereocenters. The van der Waals surface area contributed by atoms with Crippen molar-refractivity contribution in [2.45, 2.75) is 6.36 Å². The quantitative estimate of drug-likeness (QED) is 0.893. The number of halogens is 4. The third-order valence-electron chi connectivity index (χ3n) is 2.18. The van der Waals surface area contributed by atoms with Crippen molar-refractivity contribution >= 4 is 27.5 Å². The van der Waals surface area contributed by atoms with Crippen LogP contribution in [0.2, 0.25) is 0 Å². The van der Waals surface area contributed by atoms with Crippen molar-refractivity contribution in [3.8, 4) is 5.75 Å². The molecule has 2 aromatic rings. The summed E-state index contributed by atoms with van der Waals surface area (Å²) in [5.74, 6) is -0.825. The van der Waals surface area contributed by atoms with Gasteiger partial charge in [0.25, 0.3) is 5.91 Å². The lowest BCUT2D eigenvalue weighted by atomic mass is 10.2. The van der Waals surface area contributed by atoms with Crippen LogP contribution >= 0.6 is 15.9 Å². The fraction of sp³-hybridized carbons (Fsp3) is 0.0909. The van der Waals surface area contributed by atoms with E-state index < -0.39 is 12.3 Å². The summed E-state index contributed by atoms with van der Waals surface area (Å²) in [7, 11) is 0. The van der Waals surface area contributed by atoms with Gasteiger partial charge in [0, 0.05) is 11.9 Å². The maximum absolute atomic E-state index is 12.1. The lowest BCUT2D eigenvalue weighted by Crippen LogP contribution is -2.17. The monoisotopic (exact) mass is 349 g/mol. The van der Waals surface area contributed by atoms with Gasteiger partial charge in [0.1, 0.15) is 5.75 Å². The first-order valence-corrected chi connectivity index (χ1v) is 6.00. The number of aromatic amines is 1. The van der Waals surface area contributed by atoms with Crippen LogP contribution in [0.25, 0.3) is 0 Å². The minimum Gasteiger partial charge on any atom is -0.405 e. The van der Waals surface area contributed by atoms with Crippen molar-refractivity contribution < 1.29 is 22.7 Å². The van der Waals surface area contributed by atoms with Gasteiger partial charge in [0.15, 0.2) is 0 Å². The summed E-state index contributed by atoms with van der Waals surface area (Å²) in [6.45, 7) is 0. The lowest BCUT2D eigenvalue weighted by Gasteiger charge is -2.11. The number of nitrogens with zero attached hydrogens (tertiary/aromatic N) is 1. The molecule has 9 heteroatoms. The van der Waals surface area contributed by atoms with E-state index in [1.54, 1.807) is 0 Å². The largest absolute Gasteiger partial charge is 0.573 e. The van der Waals surface area contributed by atoms with E-state index in [0.29, 0.717) is 11.3 Å². The molecule has 5 nitrogen and oxygen atoms in total. The van der Waals surface area contributed by atoms with E-state index in [1.807, 2.05) is 0 Å². The molecule has 106 valence electrons. The number of benzene rings is 1. The van der Waals surface area contributed by atoms with E-state index in [2.05, 4.69) is 36.2 Å². The van der Waals surface area contributed by atoms with Gasteiger partial charge < -0.3 is 10.1 Å². The minimum absolute atomic E-state index is 0.0693. The number of rotatable bonds is 3. The summed E-state index contributed by atoms with van der Waals surface area (Å²) in [5, 5.41) is 8.60. The molecule has 0 saturated heterocycles. The van der Waals surface area contributed by atoms with Crippen molar-refractivity contribution in [1.29, 1.82) is 0 Å². The predicted octanol–water partition coefficient (Wildman–Crippen LogP) is 3.32. The molecule has 1 amide bonds. The second-order valence-corrected chi connectivity index (χ2v) is 4.49. The first kappa shape index (κ1) is 14.4. The number of nitrogens with one attached hydrogen (secondary N) is 2. The molecule has 0 unspecified atom stereocenters. The van der Waals surface area contributed by atoms with Crippen LogP contribution in [0.4, 0.5) is 18.9 Å². The Morgan fingerprint density at radius 2 is 2.15 bits per heavy atom. The summed E-state index contributed by atoms with van der Waals surface area (Å²) >= 11 is 2.94. The molecule has 1 aromatic carbocycles. The Hall–Kier alpha value is -2.03. The number of alkyl halides is 3. The molecule has 0 saturated carbocycles. The molecule has 0 spiro atoms. The summed E-state index contributed by atoms with van der Waals surface area (Å²) < 4.78 is 40.1. The van der Waals surface area contributed by atoms with Gasteiger partial charge in [-0.1, -0.05) is 0 Å². The average Bonchev–Trinajstić information content (AvgIpc) is 2.85. The highest BCUT2D eigenvalue weighted by atomic mass is 79.9. The van der Waals surface area contributed by atoms with Gasteiger partial charge >= 0.3 is 6.36 Å². The number of carbonyl (C=O) groups is 1. The summed E-state index contributed by atoms with van der Waals surface area (Å²) in [5.41, 5.74) is 0.620. The molecular formula is C11H7BrF3N3O2. The third kappa shape index (κ3) is 3.73. The maximum Gasteiger partial charge on any atom is 0.573 e. The van der Waals surface area contributed by atoms with E-state index in [9.17, 15) is 18.0 Å². The number of carbonyl (C=O) groups excluding carboxylic acids is 1. The number of aromatic nitrogens is 2. The summed E-state index contributed by atoms with van der Waals surface area (Å²) in [6.07, 6.45) is -2.05. The van der Waals surface area contributed by atoms with Crippen LogP contribution in [-0.4, -0.2) is 22.5 Å². The van der Waals surface area contributed by atoms with E-state index in [4.69, 9.17) is 0 Å². The molecule has 0 aliphatic rings. The first-order valence-electron chi connectivity index (χ1n) is 5.20. The first-order chi connectivity index (χ1) is 9.35. The summed E-state index contributed by atoms with van der Waals surface area (Å²) in [4.78, 5) is 11.7. The average molecular weight is 350 g/mol. The van der Waals surface area contributed by atoms with Crippen LogP contribution < -0.4 is 10.1 Å². The minimum atomic E-state index is -4.77. The highest BCUT2D eigenvalue weighted by Crippen LogP contribution is 2.32. The molecule has 0 bridgehead atoms. The molecule has 2 N–H and O–H groups in total. The maximum atomic E-state index is 12.1. The van der Waals surface area contributed by atoms with Crippen LogP contribution in [0.15, 0.2) is 35.1 Å². The Morgan fingerprint density at radius 1 is 1.40 bits per heavy atom. The number of anilines is 1. The van der Waals surface area contributed by atoms with Crippen molar-refractivity contribution in [2.24, 2.45) is 0 Å². The normalized spacial score (nSPS) is 11.2. The topological polar surface area (TPSA) is 67.0 Å². The molecule has 0 aliphatic carbocycles. The van der Waals surface area contributed by atoms with Crippen molar-refractivity contribution in [2.75, 3.05) is 5.32 Å². The molecule has 0 radical (unpaired) electrons. The Balaban J connectivity index is 2.11. The van der Waals surface area contributed by atoms with E-state index in [0.717, 1.165) is 6.07 Å². The van der Waals surface area contributed by atoms with E-state index in [-0.39, 0.29) is 10.2 Å². The number of ether oxygens (including phenoxy) is 1. The Kier molecular flexibility index (Phi) is 3.98. The van der Waals surface area contributed by atoms with Crippen LogP contribution in [0.1, 0.15) is 10.4 Å². The molecule has 0 aliphatic heterocycles. The van der Waals surface area contributed by atoms with Crippen LogP contribution in [0.5, 0.6) is 5.75 Å². The third-order valence-corrected chi connectivity index (χ3v) is 2.80. The SMILES string of the molecule is O=C(Nc1ccc(OC(F)(F)F)c(Br)c1)c1cn[nH]c1. The Bertz CT molecular complexity index is 614. The molecule has 1 aromatic heterocycles. The van der Waals surface area contributed by atoms with E-state index >= 15 is 0 Å². The standard InChI is InChI=1S/C11H7BrF3N3O2/c12-8-3-7(1-2-9(8)20-11(13,14)15)18-10(19)6-4-16-17-5-6/h1-5H,(H,16,17)(H,18,19). The number of hydrogen-bond acceptors (Lipinski definition) is 3. The van der Waals surface area contributed by atoms with Gasteiger partial charge in [-0.25, -0.2) is 0 Å². The molecule has 20 heavy (non-hydrogen) atoms. The highest BCUT2D eigenvalue weighted by molar-refractivity contribution is 9.10. The van der Waals surface area contributed by atoms with Gasteiger partial charge in [0.05, 0.1) is 16.2 Å². The zero-order valence-electron chi connectivity index (χ0n) is 9.66. The zero-order chi connectivity index (χ0) is 14.8. The Labute approximate surface area is 119 Å². The Morgan fingerprint density at radius 3 is 2.70 bits per heavy atom. The van der Waals surface area contributed by atoms with Crippen molar-refractivity contribution in [3.63, 3.8) is 0 Å². The highest BCUT2D eigenvalue weighted by Gasteiger charge is 2.31. The van der Waals surface area contributed by atoms with Gasteiger partial charge in [-0.15, -0.1) is 13.2 Å². The number of amides is 1. The van der Waals surface area contributed by atoms with Crippen LogP contribution in [0, 0.1) is 0 Å². The predicted molar refractivity (Wildman–Crippen MR) is 67.4 cm³/mol. The zero-order valence-corrected chi connectivity index (χ0v) is 11.2. The van der Waals surface area contributed by atoms with Gasteiger partial charge in [-0.05, 0) is 34.1 Å². The smallest absolute Gasteiger partial charge is 0.405 e. The van der Waals surface area contributed by atoms with Gasteiger partial charge in [-0.2, -0.15) is 5.10 Å². The van der Waals surface area contributed by atoms with Gasteiger partial charge in [-0.3, -0.25) is 9.89 Å². The van der Waals surface area contributed by atoms with Crippen molar-refractivity contribution in [1.82, 2.24) is 10.2 Å². The second-order valence-electron chi connectivity index (χ2n) is 3.63. The lowest BCUT2D eigenvalue weighted by molar-refractivity contribution is -0.274. The van der Waals surface area contributed by atoms with Gasteiger partial charge in [0.2, 0.25) is 0 Å². The number of hydrogen-bond donors (Lipinski definition) is 2. The second kappa shape index (κ2) is 5.53. The summed E-state index contributed by atoms with van der Waals surface area (Å²) in [6, 6.07) is 3.70. The number of H-pyrrole nitrogens is 1. The molecule has 2 rings (SSSR count). The molecule has 0 fully saturated rings. The van der Waals surface area contributed by atoms with E-state index in [1.165, 1.54) is 24.5 Å². The fourth-order valence-electron chi connectivity index (χ4n) is 1.36. The van der Waals surface area contributed by atoms with Crippen molar-refractivity contribution in [3.05, 3.63) is 40.6 Å².